The molecule has 6 heteroatoms. The zero-order valence-corrected chi connectivity index (χ0v) is 14.2. The average Bonchev–Trinajstić information content (AvgIpc) is 2.50. The van der Waals surface area contributed by atoms with Gasteiger partial charge in [0.25, 0.3) is 0 Å². The van der Waals surface area contributed by atoms with Crippen molar-refractivity contribution in [2.75, 3.05) is 18.1 Å². The molecule has 5 nitrogen and oxygen atoms in total. The molecule has 1 aromatic rings. The smallest absolute Gasteiger partial charge is 0.319 e. The number of hydrogen-bond acceptors (Lipinski definition) is 4. The first-order valence-corrected chi connectivity index (χ1v) is 8.75. The quantitative estimate of drug-likeness (QED) is 0.620. The van der Waals surface area contributed by atoms with E-state index in [9.17, 15) is 9.59 Å². The number of rotatable bonds is 6. The second-order valence-corrected chi connectivity index (χ2v) is 6.75. The van der Waals surface area contributed by atoms with Crippen molar-refractivity contribution in [1.29, 1.82) is 0 Å². The van der Waals surface area contributed by atoms with E-state index in [1.54, 1.807) is 11.8 Å². The Morgan fingerprint density at radius 3 is 2.91 bits per heavy atom. The van der Waals surface area contributed by atoms with Gasteiger partial charge < -0.3 is 15.4 Å². The lowest BCUT2D eigenvalue weighted by molar-refractivity contribution is -0.147. The molecular weight excluding hydrogens is 312 g/mol. The highest BCUT2D eigenvalue weighted by atomic mass is 32.2. The van der Waals surface area contributed by atoms with Crippen molar-refractivity contribution in [3.8, 4) is 0 Å². The fourth-order valence-electron chi connectivity index (χ4n) is 2.54. The van der Waals surface area contributed by atoms with Crippen molar-refractivity contribution < 1.29 is 14.3 Å². The number of urea groups is 1. The molecule has 2 rings (SSSR count). The molecule has 124 valence electrons. The molecular formula is C17H22N2O3S. The van der Waals surface area contributed by atoms with Crippen LogP contribution in [0.15, 0.2) is 36.5 Å². The number of hydrogen-bond donors (Lipinski definition) is 2. The van der Waals surface area contributed by atoms with E-state index in [2.05, 4.69) is 24.1 Å². The molecule has 0 saturated carbocycles. The van der Waals surface area contributed by atoms with Crippen LogP contribution in [0.3, 0.4) is 0 Å². The highest BCUT2D eigenvalue weighted by Crippen LogP contribution is 2.30. The zero-order valence-electron chi connectivity index (χ0n) is 13.4. The third kappa shape index (κ3) is 4.51. The van der Waals surface area contributed by atoms with Crippen molar-refractivity contribution in [2.24, 2.45) is 5.92 Å². The summed E-state index contributed by atoms with van der Waals surface area (Å²) in [4.78, 5) is 24.2. The molecule has 1 aliphatic rings. The molecule has 1 aromatic carbocycles. The maximum atomic E-state index is 12.5. The summed E-state index contributed by atoms with van der Waals surface area (Å²) in [6.07, 6.45) is 0. The lowest BCUT2D eigenvalue weighted by Crippen LogP contribution is -2.51. The molecule has 23 heavy (non-hydrogen) atoms. The summed E-state index contributed by atoms with van der Waals surface area (Å²) in [5, 5.41) is 5.38. The number of carbonyl (C=O) groups is 2. The second-order valence-electron chi connectivity index (χ2n) is 5.36. The molecule has 0 unspecified atom stereocenters. The van der Waals surface area contributed by atoms with Crippen LogP contribution < -0.4 is 10.6 Å². The summed E-state index contributed by atoms with van der Waals surface area (Å²) in [7, 11) is 0. The Labute approximate surface area is 140 Å². The van der Waals surface area contributed by atoms with Gasteiger partial charge in [0.05, 0.1) is 6.04 Å². The number of amides is 2. The standard InChI is InChI=1S/C17H22N2O3S/c1-4-23-9-8-22-16(20)14-12(3)18-17(21)19-15(14)13-7-5-6-11(2)10-13/h5-7,10,14-15H,3-4,8-9H2,1-2H3,(H2,18,19,21)/t14-,15+/m1/s1. The molecule has 0 aliphatic carbocycles. The van der Waals surface area contributed by atoms with Crippen molar-refractivity contribution in [2.45, 2.75) is 19.9 Å². The molecule has 1 aliphatic heterocycles. The van der Waals surface area contributed by atoms with Gasteiger partial charge in [-0.25, -0.2) is 4.79 Å². The summed E-state index contributed by atoms with van der Waals surface area (Å²) in [5.41, 5.74) is 2.30. The Kier molecular flexibility index (Phi) is 6.10. The highest BCUT2D eigenvalue weighted by Gasteiger charge is 2.38. The Morgan fingerprint density at radius 1 is 1.43 bits per heavy atom. The molecule has 1 heterocycles. The van der Waals surface area contributed by atoms with Gasteiger partial charge in [0, 0.05) is 11.4 Å². The van der Waals surface area contributed by atoms with Gasteiger partial charge in [-0.15, -0.1) is 0 Å². The van der Waals surface area contributed by atoms with Gasteiger partial charge in [0.1, 0.15) is 12.5 Å². The molecule has 0 spiro atoms. The van der Waals surface area contributed by atoms with Crippen molar-refractivity contribution in [3.05, 3.63) is 47.7 Å². The van der Waals surface area contributed by atoms with E-state index < -0.39 is 12.0 Å². The van der Waals surface area contributed by atoms with E-state index >= 15 is 0 Å². The van der Waals surface area contributed by atoms with Crippen molar-refractivity contribution in [3.63, 3.8) is 0 Å². The number of esters is 1. The molecule has 0 radical (unpaired) electrons. The van der Waals surface area contributed by atoms with Crippen molar-refractivity contribution >= 4 is 23.8 Å². The van der Waals surface area contributed by atoms with Crippen LogP contribution in [-0.4, -0.2) is 30.1 Å². The fourth-order valence-corrected chi connectivity index (χ4v) is 3.03. The number of aryl methyl sites for hydroxylation is 1. The summed E-state index contributed by atoms with van der Waals surface area (Å²) < 4.78 is 5.36. The van der Waals surface area contributed by atoms with E-state index in [1.807, 2.05) is 31.2 Å². The average molecular weight is 334 g/mol. The Morgan fingerprint density at radius 2 is 2.22 bits per heavy atom. The number of thioether (sulfide) groups is 1. The minimum absolute atomic E-state index is 0.355. The number of carbonyl (C=O) groups excluding carboxylic acids is 2. The van der Waals surface area contributed by atoms with Gasteiger partial charge >= 0.3 is 12.0 Å². The van der Waals surface area contributed by atoms with Gasteiger partial charge in [-0.05, 0) is 18.2 Å². The Balaban J connectivity index is 2.16. The molecule has 1 saturated heterocycles. The summed E-state index contributed by atoms with van der Waals surface area (Å²) in [6, 6.07) is 6.90. The van der Waals surface area contributed by atoms with E-state index in [4.69, 9.17) is 4.74 Å². The normalized spacial score (nSPS) is 20.6. The molecule has 0 bridgehead atoms. The lowest BCUT2D eigenvalue weighted by atomic mass is 9.88. The predicted molar refractivity (Wildman–Crippen MR) is 92.2 cm³/mol. The summed E-state index contributed by atoms with van der Waals surface area (Å²) in [5.74, 6) is 0.736. The summed E-state index contributed by atoms with van der Waals surface area (Å²) >= 11 is 1.71. The molecule has 1 fully saturated rings. The molecule has 2 atom stereocenters. The van der Waals surface area contributed by atoms with E-state index in [-0.39, 0.29) is 12.0 Å². The van der Waals surface area contributed by atoms with E-state index in [0.29, 0.717) is 12.3 Å². The van der Waals surface area contributed by atoms with Crippen LogP contribution in [0.25, 0.3) is 0 Å². The minimum atomic E-state index is -0.638. The Hall–Kier alpha value is -1.95. The van der Waals surface area contributed by atoms with Crippen LogP contribution in [0.4, 0.5) is 4.79 Å². The molecule has 0 aromatic heterocycles. The second kappa shape index (κ2) is 8.06. The van der Waals surface area contributed by atoms with Crippen LogP contribution >= 0.6 is 11.8 Å². The van der Waals surface area contributed by atoms with Gasteiger partial charge in [-0.2, -0.15) is 11.8 Å². The molecule has 2 N–H and O–H groups in total. The zero-order chi connectivity index (χ0) is 16.8. The first-order valence-electron chi connectivity index (χ1n) is 7.60. The first-order chi connectivity index (χ1) is 11.0. The monoisotopic (exact) mass is 334 g/mol. The van der Waals surface area contributed by atoms with Gasteiger partial charge in [-0.3, -0.25) is 4.79 Å². The van der Waals surface area contributed by atoms with E-state index in [0.717, 1.165) is 22.6 Å². The first kappa shape index (κ1) is 17.4. The van der Waals surface area contributed by atoms with E-state index in [1.165, 1.54) is 0 Å². The lowest BCUT2D eigenvalue weighted by Gasteiger charge is -2.33. The van der Waals surface area contributed by atoms with Crippen LogP contribution in [0.5, 0.6) is 0 Å². The maximum absolute atomic E-state index is 12.5. The van der Waals surface area contributed by atoms with Crippen LogP contribution in [0.1, 0.15) is 24.1 Å². The number of nitrogens with one attached hydrogen (secondary N) is 2. The third-order valence-electron chi connectivity index (χ3n) is 3.60. The SMILES string of the molecule is C=C1NC(=O)N[C@@H](c2cccc(C)c2)[C@@H]1C(=O)OCCSCC. The van der Waals surface area contributed by atoms with Gasteiger partial charge in [0.15, 0.2) is 0 Å². The number of benzene rings is 1. The number of ether oxygens (including phenoxy) is 1. The van der Waals surface area contributed by atoms with Crippen LogP contribution in [0, 0.1) is 12.8 Å². The molecule has 2 amide bonds. The largest absolute Gasteiger partial charge is 0.464 e. The minimum Gasteiger partial charge on any atom is -0.464 e. The van der Waals surface area contributed by atoms with Crippen LogP contribution in [-0.2, 0) is 9.53 Å². The third-order valence-corrected chi connectivity index (χ3v) is 4.46. The van der Waals surface area contributed by atoms with Crippen LogP contribution in [0.2, 0.25) is 0 Å². The van der Waals surface area contributed by atoms with Gasteiger partial charge in [-0.1, -0.05) is 43.3 Å². The van der Waals surface area contributed by atoms with Crippen molar-refractivity contribution in [1.82, 2.24) is 10.6 Å². The Bertz CT molecular complexity index is 603. The fraction of sp³-hybridized carbons (Fsp3) is 0.412. The van der Waals surface area contributed by atoms with Gasteiger partial charge in [0.2, 0.25) is 0 Å². The predicted octanol–water partition coefficient (Wildman–Crippen LogP) is 2.78. The topological polar surface area (TPSA) is 67.4 Å². The maximum Gasteiger partial charge on any atom is 0.319 e. The highest BCUT2D eigenvalue weighted by molar-refractivity contribution is 7.99. The summed E-state index contributed by atoms with van der Waals surface area (Å²) in [6.45, 7) is 8.22.